The summed E-state index contributed by atoms with van der Waals surface area (Å²) in [7, 11) is 0. The predicted molar refractivity (Wildman–Crippen MR) is 58.7 cm³/mol. The van der Waals surface area contributed by atoms with Gasteiger partial charge in [-0.05, 0) is 31.8 Å². The van der Waals surface area contributed by atoms with Gasteiger partial charge in [0.1, 0.15) is 0 Å². The predicted octanol–water partition coefficient (Wildman–Crippen LogP) is 1.65. The van der Waals surface area contributed by atoms with Crippen LogP contribution >= 0.6 is 11.3 Å². The number of anilines is 1. The lowest BCUT2D eigenvalue weighted by molar-refractivity contribution is 0.0975. The van der Waals surface area contributed by atoms with Crippen LogP contribution in [0.1, 0.15) is 12.8 Å². The molecule has 0 aliphatic carbocycles. The van der Waals surface area contributed by atoms with Crippen LogP contribution in [-0.2, 0) is 0 Å². The van der Waals surface area contributed by atoms with E-state index in [-0.39, 0.29) is 0 Å². The lowest BCUT2D eigenvalue weighted by Gasteiger charge is -2.44. The molecule has 3 saturated heterocycles. The molecule has 0 aromatic carbocycles. The van der Waals surface area contributed by atoms with E-state index in [0.717, 1.165) is 11.0 Å². The number of nitrogens with one attached hydrogen (secondary N) is 1. The quantitative estimate of drug-likeness (QED) is 0.802. The third-order valence-corrected chi connectivity index (χ3v) is 4.10. The van der Waals surface area contributed by atoms with Gasteiger partial charge in [-0.1, -0.05) is 0 Å². The Hall–Kier alpha value is -0.610. The number of piperidine rings is 3. The van der Waals surface area contributed by atoms with Crippen LogP contribution in [-0.4, -0.2) is 35.6 Å². The van der Waals surface area contributed by atoms with Crippen molar-refractivity contribution < 1.29 is 0 Å². The molecule has 3 aliphatic rings. The Balaban J connectivity index is 1.68. The molecule has 1 unspecified atom stereocenters. The van der Waals surface area contributed by atoms with Gasteiger partial charge in [-0.15, -0.1) is 11.3 Å². The highest BCUT2D eigenvalue weighted by Gasteiger charge is 2.34. The SMILES string of the molecule is c1csc(NC2CN3CCC2CC3)n1. The number of rotatable bonds is 2. The molecule has 0 spiro atoms. The minimum Gasteiger partial charge on any atom is -0.357 e. The minimum absolute atomic E-state index is 0.642. The highest BCUT2D eigenvalue weighted by Crippen LogP contribution is 2.29. The molecular weight excluding hydrogens is 194 g/mol. The molecule has 1 aromatic heterocycles. The third-order valence-electron chi connectivity index (χ3n) is 3.40. The summed E-state index contributed by atoms with van der Waals surface area (Å²) >= 11 is 1.70. The zero-order chi connectivity index (χ0) is 9.38. The molecule has 2 bridgehead atoms. The summed E-state index contributed by atoms with van der Waals surface area (Å²) in [6, 6.07) is 0.642. The van der Waals surface area contributed by atoms with Crippen molar-refractivity contribution in [1.29, 1.82) is 0 Å². The van der Waals surface area contributed by atoms with E-state index in [9.17, 15) is 0 Å². The van der Waals surface area contributed by atoms with Crippen LogP contribution in [0.2, 0.25) is 0 Å². The zero-order valence-corrected chi connectivity index (χ0v) is 8.96. The van der Waals surface area contributed by atoms with Crippen molar-refractivity contribution >= 4 is 16.5 Å². The van der Waals surface area contributed by atoms with Crippen LogP contribution in [0, 0.1) is 5.92 Å². The molecule has 3 aliphatic heterocycles. The van der Waals surface area contributed by atoms with Crippen LogP contribution in [0.3, 0.4) is 0 Å². The number of fused-ring (bicyclic) bond motifs is 3. The van der Waals surface area contributed by atoms with Gasteiger partial charge in [0.05, 0.1) is 0 Å². The molecule has 4 rings (SSSR count). The van der Waals surface area contributed by atoms with E-state index in [1.807, 2.05) is 11.6 Å². The number of aromatic nitrogens is 1. The van der Waals surface area contributed by atoms with Crippen molar-refractivity contribution in [2.24, 2.45) is 5.92 Å². The van der Waals surface area contributed by atoms with Crippen LogP contribution in [0.5, 0.6) is 0 Å². The van der Waals surface area contributed by atoms with Crippen molar-refractivity contribution in [2.75, 3.05) is 25.0 Å². The summed E-state index contributed by atoms with van der Waals surface area (Å²) in [6.07, 6.45) is 4.60. The second kappa shape index (κ2) is 3.51. The zero-order valence-electron chi connectivity index (χ0n) is 8.15. The normalized spacial score (nSPS) is 35.9. The molecule has 0 radical (unpaired) electrons. The summed E-state index contributed by atoms with van der Waals surface area (Å²) in [5.41, 5.74) is 0. The molecule has 1 N–H and O–H groups in total. The largest absolute Gasteiger partial charge is 0.357 e. The van der Waals surface area contributed by atoms with E-state index >= 15 is 0 Å². The van der Waals surface area contributed by atoms with Gasteiger partial charge in [-0.2, -0.15) is 0 Å². The number of hydrogen-bond donors (Lipinski definition) is 1. The van der Waals surface area contributed by atoms with Crippen LogP contribution in [0.15, 0.2) is 11.6 Å². The second-order valence-corrected chi connectivity index (χ2v) is 5.12. The summed E-state index contributed by atoms with van der Waals surface area (Å²) < 4.78 is 0. The van der Waals surface area contributed by atoms with Gasteiger partial charge >= 0.3 is 0 Å². The molecule has 1 aromatic rings. The first-order valence-corrected chi connectivity index (χ1v) is 6.18. The second-order valence-electron chi connectivity index (χ2n) is 4.23. The van der Waals surface area contributed by atoms with E-state index < -0.39 is 0 Å². The summed E-state index contributed by atoms with van der Waals surface area (Å²) in [4.78, 5) is 6.84. The highest BCUT2D eigenvalue weighted by molar-refractivity contribution is 7.13. The Bertz CT molecular complexity index is 290. The summed E-state index contributed by atoms with van der Waals surface area (Å²) in [6.45, 7) is 3.83. The summed E-state index contributed by atoms with van der Waals surface area (Å²) in [5.74, 6) is 0.879. The molecule has 0 amide bonds. The average molecular weight is 209 g/mol. The van der Waals surface area contributed by atoms with Crippen LogP contribution in [0.25, 0.3) is 0 Å². The van der Waals surface area contributed by atoms with Crippen LogP contribution in [0.4, 0.5) is 5.13 Å². The Kier molecular flexibility index (Phi) is 2.18. The maximum atomic E-state index is 4.28. The maximum Gasteiger partial charge on any atom is 0.182 e. The van der Waals surface area contributed by atoms with Gasteiger partial charge < -0.3 is 10.2 Å². The van der Waals surface area contributed by atoms with E-state index in [1.54, 1.807) is 11.3 Å². The molecule has 76 valence electrons. The Morgan fingerprint density at radius 1 is 1.43 bits per heavy atom. The van der Waals surface area contributed by atoms with Crippen LogP contribution < -0.4 is 5.32 Å². The molecule has 0 saturated carbocycles. The molecule has 3 nitrogen and oxygen atoms in total. The van der Waals surface area contributed by atoms with Crippen molar-refractivity contribution in [2.45, 2.75) is 18.9 Å². The Morgan fingerprint density at radius 2 is 2.29 bits per heavy atom. The van der Waals surface area contributed by atoms with E-state index in [0.29, 0.717) is 6.04 Å². The number of hydrogen-bond acceptors (Lipinski definition) is 4. The van der Waals surface area contributed by atoms with Crippen molar-refractivity contribution in [3.05, 3.63) is 11.6 Å². The highest BCUT2D eigenvalue weighted by atomic mass is 32.1. The Labute approximate surface area is 88.1 Å². The first-order valence-electron chi connectivity index (χ1n) is 5.30. The monoisotopic (exact) mass is 209 g/mol. The first-order chi connectivity index (χ1) is 6.92. The molecular formula is C10H15N3S. The fraction of sp³-hybridized carbons (Fsp3) is 0.700. The minimum atomic E-state index is 0.642. The first kappa shape index (κ1) is 8.68. The molecule has 14 heavy (non-hydrogen) atoms. The van der Waals surface area contributed by atoms with Crippen molar-refractivity contribution in [3.63, 3.8) is 0 Å². The number of nitrogens with zero attached hydrogens (tertiary/aromatic N) is 2. The lowest BCUT2D eigenvalue weighted by Crippen LogP contribution is -2.53. The Morgan fingerprint density at radius 3 is 2.86 bits per heavy atom. The molecule has 4 heterocycles. The van der Waals surface area contributed by atoms with Gasteiger partial charge in [0.25, 0.3) is 0 Å². The van der Waals surface area contributed by atoms with E-state index in [4.69, 9.17) is 0 Å². The van der Waals surface area contributed by atoms with E-state index in [1.165, 1.54) is 32.5 Å². The third kappa shape index (κ3) is 1.53. The van der Waals surface area contributed by atoms with Gasteiger partial charge in [0.15, 0.2) is 5.13 Å². The topological polar surface area (TPSA) is 28.2 Å². The molecule has 3 fully saturated rings. The maximum absolute atomic E-state index is 4.28. The standard InChI is InChI=1S/C10H15N3S/c1-4-13-5-2-8(1)9(7-13)12-10-11-3-6-14-10/h3,6,8-9H,1-2,4-5,7H2,(H,11,12). The van der Waals surface area contributed by atoms with Crippen molar-refractivity contribution in [1.82, 2.24) is 9.88 Å². The molecule has 1 atom stereocenters. The fourth-order valence-corrected chi connectivity index (χ4v) is 3.17. The van der Waals surface area contributed by atoms with E-state index in [2.05, 4.69) is 15.2 Å². The smallest absolute Gasteiger partial charge is 0.182 e. The number of thiazole rings is 1. The average Bonchev–Trinajstić information content (AvgIpc) is 2.72. The fourth-order valence-electron chi connectivity index (χ4n) is 2.58. The summed E-state index contributed by atoms with van der Waals surface area (Å²) in [5, 5.41) is 6.68. The molecule has 4 heteroatoms. The van der Waals surface area contributed by atoms with Gasteiger partial charge in [-0.25, -0.2) is 4.98 Å². The lowest BCUT2D eigenvalue weighted by atomic mass is 9.84. The van der Waals surface area contributed by atoms with Gasteiger partial charge in [0, 0.05) is 24.2 Å². The van der Waals surface area contributed by atoms with Gasteiger partial charge in [0.2, 0.25) is 0 Å². The van der Waals surface area contributed by atoms with Crippen molar-refractivity contribution in [3.8, 4) is 0 Å². The van der Waals surface area contributed by atoms with Gasteiger partial charge in [-0.3, -0.25) is 0 Å².